The van der Waals surface area contributed by atoms with Crippen molar-refractivity contribution in [3.05, 3.63) is 0 Å². The highest BCUT2D eigenvalue weighted by atomic mass is 16.5. The van der Waals surface area contributed by atoms with Gasteiger partial charge in [-0.2, -0.15) is 0 Å². The Hall–Kier alpha value is -0.480. The molecule has 0 radical (unpaired) electrons. The van der Waals surface area contributed by atoms with Gasteiger partial charge in [-0.15, -0.1) is 12.3 Å². The SMILES string of the molecule is C#CC[C@H]1CCOC1. The molecule has 0 aliphatic carbocycles. The second-order valence-corrected chi connectivity index (χ2v) is 2.14. The summed E-state index contributed by atoms with van der Waals surface area (Å²) in [5, 5.41) is 0. The molecule has 1 saturated heterocycles. The lowest BCUT2D eigenvalue weighted by molar-refractivity contribution is 0.186. The number of rotatable bonds is 1. The topological polar surface area (TPSA) is 9.23 Å². The van der Waals surface area contributed by atoms with Crippen LogP contribution in [0.15, 0.2) is 0 Å². The minimum absolute atomic E-state index is 0.653. The molecule has 1 atom stereocenters. The Bertz CT molecular complexity index is 95.4. The van der Waals surface area contributed by atoms with Crippen LogP contribution in [-0.2, 0) is 4.74 Å². The molecule has 1 fully saturated rings. The van der Waals surface area contributed by atoms with Crippen LogP contribution in [0.2, 0.25) is 0 Å². The zero-order valence-corrected chi connectivity index (χ0v) is 4.89. The molecular weight excluding hydrogens is 100 g/mol. The van der Waals surface area contributed by atoms with Crippen molar-refractivity contribution >= 4 is 0 Å². The second kappa shape index (κ2) is 2.74. The van der Waals surface area contributed by atoms with E-state index >= 15 is 0 Å². The summed E-state index contributed by atoms with van der Waals surface area (Å²) in [6, 6.07) is 0. The number of ether oxygens (including phenoxy) is 1. The molecule has 1 nitrogen and oxygen atoms in total. The maximum absolute atomic E-state index is 5.11. The van der Waals surface area contributed by atoms with Gasteiger partial charge in [0, 0.05) is 13.0 Å². The second-order valence-electron chi connectivity index (χ2n) is 2.14. The van der Waals surface area contributed by atoms with Gasteiger partial charge in [-0.25, -0.2) is 0 Å². The molecule has 1 aliphatic rings. The van der Waals surface area contributed by atoms with Gasteiger partial charge in [0.1, 0.15) is 0 Å². The average molecular weight is 110 g/mol. The molecule has 0 N–H and O–H groups in total. The molecule has 1 heteroatoms. The van der Waals surface area contributed by atoms with Gasteiger partial charge in [-0.05, 0) is 12.3 Å². The molecule has 1 heterocycles. The van der Waals surface area contributed by atoms with Crippen molar-refractivity contribution in [2.24, 2.45) is 5.92 Å². The average Bonchev–Trinajstić information content (AvgIpc) is 2.19. The van der Waals surface area contributed by atoms with Gasteiger partial charge in [-0.1, -0.05) is 0 Å². The molecule has 0 amide bonds. The molecule has 0 aromatic carbocycles. The summed E-state index contributed by atoms with van der Waals surface area (Å²) < 4.78 is 5.11. The first-order valence-corrected chi connectivity index (χ1v) is 2.94. The third-order valence-corrected chi connectivity index (χ3v) is 1.43. The van der Waals surface area contributed by atoms with E-state index in [0.29, 0.717) is 5.92 Å². The van der Waals surface area contributed by atoms with Crippen LogP contribution in [0.25, 0.3) is 0 Å². The van der Waals surface area contributed by atoms with E-state index in [-0.39, 0.29) is 0 Å². The van der Waals surface area contributed by atoms with Crippen molar-refractivity contribution in [1.82, 2.24) is 0 Å². The first kappa shape index (κ1) is 5.65. The summed E-state index contributed by atoms with van der Waals surface area (Å²) in [6.07, 6.45) is 7.15. The minimum Gasteiger partial charge on any atom is -0.381 e. The molecule has 0 aromatic rings. The van der Waals surface area contributed by atoms with Crippen LogP contribution in [0.1, 0.15) is 12.8 Å². The van der Waals surface area contributed by atoms with E-state index in [9.17, 15) is 0 Å². The van der Waals surface area contributed by atoms with Gasteiger partial charge in [0.15, 0.2) is 0 Å². The maximum Gasteiger partial charge on any atom is 0.0504 e. The van der Waals surface area contributed by atoms with E-state index in [2.05, 4.69) is 5.92 Å². The summed E-state index contributed by atoms with van der Waals surface area (Å²) in [5.41, 5.74) is 0. The third-order valence-electron chi connectivity index (χ3n) is 1.43. The predicted octanol–water partition coefficient (Wildman–Crippen LogP) is 1.05. The fraction of sp³-hybridized carbons (Fsp3) is 0.714. The van der Waals surface area contributed by atoms with Crippen LogP contribution in [0.4, 0.5) is 0 Å². The molecule has 0 aromatic heterocycles. The summed E-state index contributed by atoms with van der Waals surface area (Å²) >= 11 is 0. The van der Waals surface area contributed by atoms with Crippen LogP contribution in [-0.4, -0.2) is 13.2 Å². The number of hydrogen-bond acceptors (Lipinski definition) is 1. The van der Waals surface area contributed by atoms with Gasteiger partial charge in [0.2, 0.25) is 0 Å². The van der Waals surface area contributed by atoms with Crippen LogP contribution in [0.3, 0.4) is 0 Å². The Labute approximate surface area is 50.0 Å². The van der Waals surface area contributed by atoms with Gasteiger partial charge >= 0.3 is 0 Å². The summed E-state index contributed by atoms with van der Waals surface area (Å²) in [4.78, 5) is 0. The van der Waals surface area contributed by atoms with Crippen molar-refractivity contribution < 1.29 is 4.74 Å². The first-order chi connectivity index (χ1) is 3.93. The van der Waals surface area contributed by atoms with E-state index < -0.39 is 0 Å². The Morgan fingerprint density at radius 2 is 2.62 bits per heavy atom. The van der Waals surface area contributed by atoms with Gasteiger partial charge in [-0.3, -0.25) is 0 Å². The molecule has 44 valence electrons. The molecule has 0 spiro atoms. The number of terminal acetylenes is 1. The van der Waals surface area contributed by atoms with Crippen molar-refractivity contribution in [3.63, 3.8) is 0 Å². The smallest absolute Gasteiger partial charge is 0.0504 e. The van der Waals surface area contributed by atoms with E-state index in [1.807, 2.05) is 0 Å². The van der Waals surface area contributed by atoms with Crippen LogP contribution in [0, 0.1) is 18.3 Å². The zero-order chi connectivity index (χ0) is 5.82. The van der Waals surface area contributed by atoms with Crippen molar-refractivity contribution in [2.45, 2.75) is 12.8 Å². The largest absolute Gasteiger partial charge is 0.381 e. The maximum atomic E-state index is 5.11. The lowest BCUT2D eigenvalue weighted by Gasteiger charge is -1.97. The number of hydrogen-bond donors (Lipinski definition) is 0. The summed E-state index contributed by atoms with van der Waals surface area (Å²) in [6.45, 7) is 1.79. The van der Waals surface area contributed by atoms with E-state index in [4.69, 9.17) is 11.2 Å². The molecule has 1 rings (SSSR count). The van der Waals surface area contributed by atoms with Crippen LogP contribution < -0.4 is 0 Å². The summed E-state index contributed by atoms with van der Waals surface area (Å²) in [7, 11) is 0. The lowest BCUT2D eigenvalue weighted by Crippen LogP contribution is -1.95. The Kier molecular flexibility index (Phi) is 1.93. The fourth-order valence-corrected chi connectivity index (χ4v) is 0.911. The lowest BCUT2D eigenvalue weighted by atomic mass is 10.1. The van der Waals surface area contributed by atoms with Crippen molar-refractivity contribution in [2.75, 3.05) is 13.2 Å². The van der Waals surface area contributed by atoms with Gasteiger partial charge < -0.3 is 4.74 Å². The van der Waals surface area contributed by atoms with E-state index in [1.165, 1.54) is 0 Å². The molecule has 8 heavy (non-hydrogen) atoms. The van der Waals surface area contributed by atoms with Gasteiger partial charge in [0.05, 0.1) is 6.61 Å². The predicted molar refractivity (Wildman–Crippen MR) is 32.4 cm³/mol. The monoisotopic (exact) mass is 110 g/mol. The van der Waals surface area contributed by atoms with Crippen molar-refractivity contribution in [1.29, 1.82) is 0 Å². The minimum atomic E-state index is 0.653. The zero-order valence-electron chi connectivity index (χ0n) is 4.89. The quantitative estimate of drug-likeness (QED) is 0.458. The van der Waals surface area contributed by atoms with E-state index in [0.717, 1.165) is 26.1 Å². The highest BCUT2D eigenvalue weighted by molar-refractivity contribution is 4.87. The highest BCUT2D eigenvalue weighted by Gasteiger charge is 2.12. The highest BCUT2D eigenvalue weighted by Crippen LogP contribution is 2.14. The van der Waals surface area contributed by atoms with Crippen molar-refractivity contribution in [3.8, 4) is 12.3 Å². The fourth-order valence-electron chi connectivity index (χ4n) is 0.911. The normalized spacial score (nSPS) is 27.6. The molecule has 0 unspecified atom stereocenters. The van der Waals surface area contributed by atoms with Gasteiger partial charge in [0.25, 0.3) is 0 Å². The Balaban J connectivity index is 2.17. The Morgan fingerprint density at radius 3 is 3.12 bits per heavy atom. The molecule has 0 bridgehead atoms. The molecule has 0 saturated carbocycles. The standard InChI is InChI=1S/C7H10O/c1-2-3-7-4-5-8-6-7/h1,7H,3-6H2/t7-/m0/s1. The van der Waals surface area contributed by atoms with Crippen LogP contribution in [0.5, 0.6) is 0 Å². The van der Waals surface area contributed by atoms with Crippen LogP contribution >= 0.6 is 0 Å². The molecule has 1 aliphatic heterocycles. The third kappa shape index (κ3) is 1.24. The molecular formula is C7H10O. The summed E-state index contributed by atoms with van der Waals surface area (Å²) in [5.74, 6) is 3.28. The Morgan fingerprint density at radius 1 is 1.75 bits per heavy atom. The first-order valence-electron chi connectivity index (χ1n) is 2.94. The van der Waals surface area contributed by atoms with E-state index in [1.54, 1.807) is 0 Å².